The maximum atomic E-state index is 13.0. The second-order valence-electron chi connectivity index (χ2n) is 3.71. The van der Waals surface area contributed by atoms with E-state index >= 15 is 0 Å². The summed E-state index contributed by atoms with van der Waals surface area (Å²) in [5.74, 6) is 0.528. The highest BCUT2D eigenvalue weighted by Crippen LogP contribution is 2.37. The standard InChI is InChI=1S/C12H17F2NO3/c1-15-6-9(16)7-4-10(17-2)11(18-3)5-8(7)12(13)14/h4-5,9,12,15-16H,6H2,1-3H3. The maximum absolute atomic E-state index is 13.0. The van der Waals surface area contributed by atoms with Crippen LogP contribution in [0.4, 0.5) is 8.78 Å². The molecule has 6 heteroatoms. The third-order valence-corrected chi connectivity index (χ3v) is 2.58. The number of aliphatic hydroxyl groups excluding tert-OH is 1. The molecular formula is C12H17F2NO3. The minimum atomic E-state index is -2.69. The van der Waals surface area contributed by atoms with Crippen molar-refractivity contribution in [3.8, 4) is 11.5 Å². The Bertz CT molecular complexity index is 399. The van der Waals surface area contributed by atoms with Crippen LogP contribution in [0.1, 0.15) is 23.7 Å². The van der Waals surface area contributed by atoms with Crippen LogP contribution in [0.3, 0.4) is 0 Å². The fourth-order valence-corrected chi connectivity index (χ4v) is 1.69. The van der Waals surface area contributed by atoms with Gasteiger partial charge >= 0.3 is 0 Å². The average Bonchev–Trinajstić information content (AvgIpc) is 2.37. The Morgan fingerprint density at radius 3 is 2.06 bits per heavy atom. The fourth-order valence-electron chi connectivity index (χ4n) is 1.69. The van der Waals surface area contributed by atoms with Crippen LogP contribution in [0.2, 0.25) is 0 Å². The van der Waals surface area contributed by atoms with Crippen molar-refractivity contribution in [2.75, 3.05) is 27.8 Å². The molecule has 4 nitrogen and oxygen atoms in total. The van der Waals surface area contributed by atoms with Gasteiger partial charge in [0.25, 0.3) is 6.43 Å². The van der Waals surface area contributed by atoms with Crippen molar-refractivity contribution < 1.29 is 23.4 Å². The number of likely N-dealkylation sites (N-methyl/N-ethyl adjacent to an activating group) is 1. The van der Waals surface area contributed by atoms with Gasteiger partial charge in [-0.2, -0.15) is 0 Å². The van der Waals surface area contributed by atoms with Crippen molar-refractivity contribution in [3.63, 3.8) is 0 Å². The van der Waals surface area contributed by atoms with E-state index in [0.29, 0.717) is 5.75 Å². The van der Waals surface area contributed by atoms with Crippen LogP contribution in [0.5, 0.6) is 11.5 Å². The number of rotatable bonds is 6. The Hall–Kier alpha value is -1.40. The van der Waals surface area contributed by atoms with Gasteiger partial charge in [0.2, 0.25) is 0 Å². The largest absolute Gasteiger partial charge is 0.493 e. The minimum Gasteiger partial charge on any atom is -0.493 e. The third kappa shape index (κ3) is 3.08. The molecule has 0 aliphatic carbocycles. The van der Waals surface area contributed by atoms with Crippen LogP contribution in [0.25, 0.3) is 0 Å². The molecule has 0 heterocycles. The molecule has 0 saturated carbocycles. The summed E-state index contributed by atoms with van der Waals surface area (Å²) < 4.78 is 35.9. The zero-order valence-electron chi connectivity index (χ0n) is 10.5. The number of aliphatic hydroxyl groups is 1. The van der Waals surface area contributed by atoms with E-state index in [0.717, 1.165) is 0 Å². The lowest BCUT2D eigenvalue weighted by atomic mass is 10.0. The van der Waals surface area contributed by atoms with Gasteiger partial charge in [-0.1, -0.05) is 0 Å². The molecule has 0 bridgehead atoms. The molecule has 18 heavy (non-hydrogen) atoms. The van der Waals surface area contributed by atoms with E-state index in [1.54, 1.807) is 7.05 Å². The Morgan fingerprint density at radius 1 is 1.17 bits per heavy atom. The van der Waals surface area contributed by atoms with Crippen LogP contribution >= 0.6 is 0 Å². The van der Waals surface area contributed by atoms with Crippen molar-refractivity contribution >= 4 is 0 Å². The van der Waals surface area contributed by atoms with E-state index in [2.05, 4.69) is 5.32 Å². The molecule has 0 aliphatic heterocycles. The first-order valence-electron chi connectivity index (χ1n) is 5.41. The van der Waals surface area contributed by atoms with Crippen molar-refractivity contribution in [2.24, 2.45) is 0 Å². The van der Waals surface area contributed by atoms with E-state index in [4.69, 9.17) is 9.47 Å². The first-order chi connectivity index (χ1) is 8.54. The van der Waals surface area contributed by atoms with Crippen LogP contribution in [-0.2, 0) is 0 Å². The van der Waals surface area contributed by atoms with Crippen LogP contribution in [-0.4, -0.2) is 32.9 Å². The molecular weight excluding hydrogens is 244 g/mol. The van der Waals surface area contributed by atoms with Crippen molar-refractivity contribution in [3.05, 3.63) is 23.3 Å². The molecule has 0 spiro atoms. The third-order valence-electron chi connectivity index (χ3n) is 2.58. The zero-order valence-corrected chi connectivity index (χ0v) is 10.5. The van der Waals surface area contributed by atoms with Gasteiger partial charge in [0.1, 0.15) is 0 Å². The SMILES string of the molecule is CNCC(O)c1cc(OC)c(OC)cc1C(F)F. The first-order valence-corrected chi connectivity index (χ1v) is 5.41. The summed E-state index contributed by atoms with van der Waals surface area (Å²) >= 11 is 0. The molecule has 0 aromatic heterocycles. The normalized spacial score (nSPS) is 12.6. The lowest BCUT2D eigenvalue weighted by molar-refractivity contribution is 0.135. The predicted octanol–water partition coefficient (Wildman–Crippen LogP) is 1.89. The molecule has 2 N–H and O–H groups in total. The molecule has 0 fully saturated rings. The monoisotopic (exact) mass is 261 g/mol. The van der Waals surface area contributed by atoms with E-state index in [1.165, 1.54) is 26.4 Å². The molecule has 0 saturated heterocycles. The average molecular weight is 261 g/mol. The van der Waals surface area contributed by atoms with E-state index in [1.807, 2.05) is 0 Å². The van der Waals surface area contributed by atoms with Gasteiger partial charge in [0, 0.05) is 12.1 Å². The summed E-state index contributed by atoms with van der Waals surface area (Å²) in [6.07, 6.45) is -3.72. The maximum Gasteiger partial charge on any atom is 0.264 e. The lowest BCUT2D eigenvalue weighted by Gasteiger charge is -2.18. The Morgan fingerprint density at radius 2 is 1.67 bits per heavy atom. The molecule has 0 radical (unpaired) electrons. The first kappa shape index (κ1) is 14.7. The van der Waals surface area contributed by atoms with Crippen molar-refractivity contribution in [1.29, 1.82) is 0 Å². The highest BCUT2D eigenvalue weighted by Gasteiger charge is 2.22. The quantitative estimate of drug-likeness (QED) is 0.821. The van der Waals surface area contributed by atoms with E-state index in [9.17, 15) is 13.9 Å². The number of methoxy groups -OCH3 is 2. The molecule has 1 rings (SSSR count). The summed E-state index contributed by atoms with van der Waals surface area (Å²) in [4.78, 5) is 0. The predicted molar refractivity (Wildman–Crippen MR) is 63.4 cm³/mol. The molecule has 0 amide bonds. The highest BCUT2D eigenvalue weighted by molar-refractivity contribution is 5.48. The van der Waals surface area contributed by atoms with Crippen LogP contribution < -0.4 is 14.8 Å². The number of halogens is 2. The van der Waals surface area contributed by atoms with E-state index in [-0.39, 0.29) is 23.4 Å². The summed E-state index contributed by atoms with van der Waals surface area (Å²) in [5.41, 5.74) is -0.118. The summed E-state index contributed by atoms with van der Waals surface area (Å²) in [5, 5.41) is 12.6. The zero-order chi connectivity index (χ0) is 13.7. The minimum absolute atomic E-state index is 0.136. The molecule has 1 aromatic carbocycles. The number of hydrogen-bond donors (Lipinski definition) is 2. The number of ether oxygens (including phenoxy) is 2. The Balaban J connectivity index is 3.28. The van der Waals surface area contributed by atoms with Gasteiger partial charge in [0.05, 0.1) is 20.3 Å². The topological polar surface area (TPSA) is 50.7 Å². The van der Waals surface area contributed by atoms with Gasteiger partial charge in [-0.3, -0.25) is 0 Å². The van der Waals surface area contributed by atoms with Crippen LogP contribution in [0.15, 0.2) is 12.1 Å². The van der Waals surface area contributed by atoms with Gasteiger partial charge in [-0.15, -0.1) is 0 Å². The Labute approximate surface area is 105 Å². The highest BCUT2D eigenvalue weighted by atomic mass is 19.3. The number of hydrogen-bond acceptors (Lipinski definition) is 4. The Kier molecular flexibility index (Phi) is 5.30. The summed E-state index contributed by atoms with van der Waals surface area (Å²) in [6, 6.07) is 2.57. The second kappa shape index (κ2) is 6.51. The fraction of sp³-hybridized carbons (Fsp3) is 0.500. The van der Waals surface area contributed by atoms with Gasteiger partial charge in [0.15, 0.2) is 11.5 Å². The summed E-state index contributed by atoms with van der Waals surface area (Å²) in [7, 11) is 4.41. The molecule has 0 aliphatic rings. The molecule has 1 aromatic rings. The number of nitrogens with one attached hydrogen (secondary N) is 1. The van der Waals surface area contributed by atoms with Gasteiger partial charge in [-0.25, -0.2) is 8.78 Å². The number of benzene rings is 1. The summed E-state index contributed by atoms with van der Waals surface area (Å²) in [6.45, 7) is 0.176. The van der Waals surface area contributed by atoms with Crippen LogP contribution in [0, 0.1) is 0 Å². The molecule has 1 unspecified atom stereocenters. The molecule has 102 valence electrons. The number of alkyl halides is 2. The van der Waals surface area contributed by atoms with Gasteiger partial charge in [-0.05, 0) is 24.7 Å². The lowest BCUT2D eigenvalue weighted by Crippen LogP contribution is -2.18. The smallest absolute Gasteiger partial charge is 0.264 e. The van der Waals surface area contributed by atoms with Crippen molar-refractivity contribution in [1.82, 2.24) is 5.32 Å². The van der Waals surface area contributed by atoms with Crippen molar-refractivity contribution in [2.45, 2.75) is 12.5 Å². The second-order valence-corrected chi connectivity index (χ2v) is 3.71. The van der Waals surface area contributed by atoms with E-state index < -0.39 is 12.5 Å². The van der Waals surface area contributed by atoms with Gasteiger partial charge < -0.3 is 19.9 Å². The molecule has 1 atom stereocenters.